The van der Waals surface area contributed by atoms with Gasteiger partial charge in [-0.25, -0.2) is 4.98 Å². The molecule has 1 heterocycles. The molecule has 0 unspecified atom stereocenters. The number of aryl methyl sites for hydroxylation is 1. The van der Waals surface area contributed by atoms with Gasteiger partial charge in [0, 0.05) is 16.3 Å². The fraction of sp³-hybridized carbons (Fsp3) is 0.0435. The van der Waals surface area contributed by atoms with Crippen LogP contribution in [-0.2, 0) is 0 Å². The Balaban J connectivity index is 1.47. The van der Waals surface area contributed by atoms with Crippen LogP contribution in [0, 0.1) is 6.92 Å². The lowest BCUT2D eigenvalue weighted by Gasteiger charge is -1.96. The molecule has 3 nitrogen and oxygen atoms in total. The molecular formula is C23H17BrN2O. The molecule has 0 radical (unpaired) electrons. The zero-order chi connectivity index (χ0) is 18.6. The maximum atomic E-state index is 5.84. The number of nitrogens with zero attached hydrogens (tertiary/aromatic N) is 2. The minimum absolute atomic E-state index is 0.626. The molecule has 0 aliphatic rings. The van der Waals surface area contributed by atoms with E-state index in [1.54, 1.807) is 6.21 Å². The summed E-state index contributed by atoms with van der Waals surface area (Å²) in [5.74, 6) is 0.626. The highest BCUT2D eigenvalue weighted by molar-refractivity contribution is 9.10. The van der Waals surface area contributed by atoms with Crippen molar-refractivity contribution in [3.63, 3.8) is 0 Å². The largest absolute Gasteiger partial charge is 0.436 e. The van der Waals surface area contributed by atoms with Crippen molar-refractivity contribution in [2.45, 2.75) is 6.92 Å². The van der Waals surface area contributed by atoms with Gasteiger partial charge in [0.2, 0.25) is 5.89 Å². The molecule has 0 N–H and O–H groups in total. The van der Waals surface area contributed by atoms with E-state index < -0.39 is 0 Å². The summed E-state index contributed by atoms with van der Waals surface area (Å²) >= 11 is 3.43. The van der Waals surface area contributed by atoms with Crippen LogP contribution in [0.3, 0.4) is 0 Å². The van der Waals surface area contributed by atoms with Crippen LogP contribution in [0.1, 0.15) is 11.1 Å². The van der Waals surface area contributed by atoms with Crippen LogP contribution in [0.2, 0.25) is 0 Å². The molecule has 3 aromatic carbocycles. The molecular weight excluding hydrogens is 400 g/mol. The Kier molecular flexibility index (Phi) is 4.99. The second-order valence-electron chi connectivity index (χ2n) is 6.23. The van der Waals surface area contributed by atoms with Crippen molar-refractivity contribution in [1.29, 1.82) is 0 Å². The molecule has 1 aromatic heterocycles. The van der Waals surface area contributed by atoms with E-state index in [1.807, 2.05) is 85.8 Å². The Labute approximate surface area is 166 Å². The SMILES string of the molecule is Cc1ccc2oc(-c3ccc(N=CC=Cc4ccc(Br)cc4)cc3)nc2c1. The highest BCUT2D eigenvalue weighted by Gasteiger charge is 2.07. The van der Waals surface area contributed by atoms with E-state index >= 15 is 0 Å². The third-order valence-electron chi connectivity index (χ3n) is 4.13. The fourth-order valence-electron chi connectivity index (χ4n) is 2.71. The summed E-state index contributed by atoms with van der Waals surface area (Å²) in [5.41, 5.74) is 5.80. The number of allylic oxidation sites excluding steroid dienone is 1. The molecule has 0 aliphatic heterocycles. The molecule has 27 heavy (non-hydrogen) atoms. The van der Waals surface area contributed by atoms with Crippen molar-refractivity contribution in [3.8, 4) is 11.5 Å². The van der Waals surface area contributed by atoms with Crippen LogP contribution in [-0.4, -0.2) is 11.2 Å². The third-order valence-corrected chi connectivity index (χ3v) is 4.65. The quantitative estimate of drug-likeness (QED) is 0.336. The lowest BCUT2D eigenvalue weighted by molar-refractivity contribution is 0.620. The maximum Gasteiger partial charge on any atom is 0.227 e. The summed E-state index contributed by atoms with van der Waals surface area (Å²) in [7, 11) is 0. The van der Waals surface area contributed by atoms with E-state index in [9.17, 15) is 0 Å². The predicted molar refractivity (Wildman–Crippen MR) is 116 cm³/mol. The molecule has 0 fully saturated rings. The number of oxazole rings is 1. The average molecular weight is 417 g/mol. The first-order valence-corrected chi connectivity index (χ1v) is 9.41. The predicted octanol–water partition coefficient (Wildman–Crippen LogP) is 6.98. The second-order valence-corrected chi connectivity index (χ2v) is 7.14. The number of halogens is 1. The van der Waals surface area contributed by atoms with E-state index in [4.69, 9.17) is 4.42 Å². The summed E-state index contributed by atoms with van der Waals surface area (Å²) in [4.78, 5) is 9.02. The van der Waals surface area contributed by atoms with Gasteiger partial charge in [0.15, 0.2) is 5.58 Å². The first-order chi connectivity index (χ1) is 13.2. The van der Waals surface area contributed by atoms with Crippen molar-refractivity contribution in [1.82, 2.24) is 4.98 Å². The number of aliphatic imine (C=N–C) groups is 1. The van der Waals surface area contributed by atoms with Crippen molar-refractivity contribution >= 4 is 45.0 Å². The van der Waals surface area contributed by atoms with Crippen molar-refractivity contribution in [2.75, 3.05) is 0 Å². The van der Waals surface area contributed by atoms with Gasteiger partial charge in [0.05, 0.1) is 5.69 Å². The molecule has 0 aliphatic carbocycles. The molecule has 0 amide bonds. The molecule has 0 bridgehead atoms. The molecule has 4 aromatic rings. The van der Waals surface area contributed by atoms with Gasteiger partial charge in [-0.3, -0.25) is 4.99 Å². The van der Waals surface area contributed by atoms with E-state index in [-0.39, 0.29) is 0 Å². The maximum absolute atomic E-state index is 5.84. The lowest BCUT2D eigenvalue weighted by Crippen LogP contribution is -1.77. The van der Waals surface area contributed by atoms with Gasteiger partial charge in [-0.1, -0.05) is 40.2 Å². The van der Waals surface area contributed by atoms with E-state index in [0.717, 1.165) is 32.4 Å². The molecule has 132 valence electrons. The topological polar surface area (TPSA) is 38.4 Å². The number of rotatable bonds is 4. The number of hydrogen-bond donors (Lipinski definition) is 0. The first-order valence-electron chi connectivity index (χ1n) is 8.61. The van der Waals surface area contributed by atoms with Crippen LogP contribution in [0.15, 0.2) is 86.7 Å². The Morgan fingerprint density at radius 2 is 1.74 bits per heavy atom. The van der Waals surface area contributed by atoms with Gasteiger partial charge in [0.25, 0.3) is 0 Å². The Bertz CT molecular complexity index is 1120. The molecule has 0 saturated heterocycles. The molecule has 0 spiro atoms. The normalized spacial score (nSPS) is 11.8. The highest BCUT2D eigenvalue weighted by Crippen LogP contribution is 2.26. The van der Waals surface area contributed by atoms with Gasteiger partial charge >= 0.3 is 0 Å². The van der Waals surface area contributed by atoms with Crippen LogP contribution in [0.25, 0.3) is 28.6 Å². The van der Waals surface area contributed by atoms with Gasteiger partial charge in [0.1, 0.15) is 5.52 Å². The fourth-order valence-corrected chi connectivity index (χ4v) is 2.97. The molecule has 4 heteroatoms. The van der Waals surface area contributed by atoms with Crippen LogP contribution in [0.5, 0.6) is 0 Å². The minimum atomic E-state index is 0.626. The Morgan fingerprint density at radius 3 is 2.52 bits per heavy atom. The van der Waals surface area contributed by atoms with E-state index in [1.165, 1.54) is 5.56 Å². The van der Waals surface area contributed by atoms with Crippen molar-refractivity contribution in [3.05, 3.63) is 88.4 Å². The van der Waals surface area contributed by atoms with Gasteiger partial charge in [-0.05, 0) is 72.7 Å². The summed E-state index contributed by atoms with van der Waals surface area (Å²) in [6.45, 7) is 2.05. The zero-order valence-corrected chi connectivity index (χ0v) is 16.3. The zero-order valence-electron chi connectivity index (χ0n) is 14.8. The van der Waals surface area contributed by atoms with Crippen LogP contribution in [0.4, 0.5) is 5.69 Å². The Morgan fingerprint density at radius 1 is 0.963 bits per heavy atom. The van der Waals surface area contributed by atoms with Gasteiger partial charge in [-0.2, -0.15) is 0 Å². The summed E-state index contributed by atoms with van der Waals surface area (Å²) < 4.78 is 6.91. The molecule has 0 atom stereocenters. The molecule has 4 rings (SSSR count). The average Bonchev–Trinajstić information content (AvgIpc) is 3.10. The second kappa shape index (κ2) is 7.72. The van der Waals surface area contributed by atoms with Crippen LogP contribution >= 0.6 is 15.9 Å². The smallest absolute Gasteiger partial charge is 0.227 e. The number of hydrogen-bond acceptors (Lipinski definition) is 3. The van der Waals surface area contributed by atoms with E-state index in [2.05, 4.69) is 25.9 Å². The summed E-state index contributed by atoms with van der Waals surface area (Å²) in [6, 6.07) is 22.0. The lowest BCUT2D eigenvalue weighted by atomic mass is 10.2. The molecule has 0 saturated carbocycles. The summed E-state index contributed by atoms with van der Waals surface area (Å²) in [6.07, 6.45) is 5.74. The monoisotopic (exact) mass is 416 g/mol. The van der Waals surface area contributed by atoms with Crippen molar-refractivity contribution < 1.29 is 4.42 Å². The number of aromatic nitrogens is 1. The number of fused-ring (bicyclic) bond motifs is 1. The Hall–Kier alpha value is -2.98. The third kappa shape index (κ3) is 4.23. The number of benzene rings is 3. The van der Waals surface area contributed by atoms with E-state index in [0.29, 0.717) is 5.89 Å². The minimum Gasteiger partial charge on any atom is -0.436 e. The van der Waals surface area contributed by atoms with Crippen LogP contribution < -0.4 is 0 Å². The first kappa shape index (κ1) is 17.4. The standard InChI is InChI=1S/C23H17BrN2O/c1-16-4-13-22-21(15-16)26-23(27-22)18-7-11-20(12-8-18)25-14-2-3-17-5-9-19(24)10-6-17/h2-15H,1H3. The summed E-state index contributed by atoms with van der Waals surface area (Å²) in [5, 5.41) is 0. The van der Waals surface area contributed by atoms with Crippen molar-refractivity contribution in [2.24, 2.45) is 4.99 Å². The van der Waals surface area contributed by atoms with Gasteiger partial charge < -0.3 is 4.42 Å². The highest BCUT2D eigenvalue weighted by atomic mass is 79.9. The van der Waals surface area contributed by atoms with Gasteiger partial charge in [-0.15, -0.1) is 0 Å².